The van der Waals surface area contributed by atoms with Crippen molar-refractivity contribution in [3.05, 3.63) is 29.2 Å². The Bertz CT molecular complexity index is 723. The molecule has 0 spiro atoms. The van der Waals surface area contributed by atoms with E-state index in [1.165, 1.54) is 6.07 Å². The monoisotopic (exact) mass is 324 g/mol. The first-order valence-corrected chi connectivity index (χ1v) is 7.97. The van der Waals surface area contributed by atoms with Gasteiger partial charge >= 0.3 is 0 Å². The number of rotatable bonds is 5. The van der Waals surface area contributed by atoms with Gasteiger partial charge in [-0.3, -0.25) is 4.90 Å². The number of aliphatic hydroxyl groups is 1. The molecule has 0 amide bonds. The molecule has 1 aromatic carbocycles. The molecule has 4 nitrogen and oxygen atoms in total. The lowest BCUT2D eigenvalue weighted by Gasteiger charge is -2.39. The molecule has 0 radical (unpaired) electrons. The fraction of sp³-hybridized carbons (Fsp3) is 0.588. The van der Waals surface area contributed by atoms with Crippen LogP contribution in [0.4, 0.5) is 8.78 Å². The topological polar surface area (TPSA) is 49.5 Å². The van der Waals surface area contributed by atoms with Gasteiger partial charge in [-0.25, -0.2) is 9.37 Å². The van der Waals surface area contributed by atoms with Crippen LogP contribution >= 0.6 is 0 Å². The van der Waals surface area contributed by atoms with Gasteiger partial charge in [0.25, 0.3) is 0 Å². The van der Waals surface area contributed by atoms with E-state index in [1.807, 2.05) is 18.7 Å². The van der Waals surface area contributed by atoms with Crippen LogP contribution in [-0.4, -0.2) is 34.2 Å². The molecular formula is C17H22F2N2O2. The molecule has 1 aliphatic rings. The number of hydrogen-bond acceptors (Lipinski definition) is 4. The minimum Gasteiger partial charge on any atom is -0.437 e. The molecule has 3 rings (SSSR count). The summed E-state index contributed by atoms with van der Waals surface area (Å²) in [7, 11) is 1.79. The van der Waals surface area contributed by atoms with Crippen LogP contribution < -0.4 is 0 Å². The van der Waals surface area contributed by atoms with Gasteiger partial charge in [0, 0.05) is 24.6 Å². The first-order valence-electron chi connectivity index (χ1n) is 7.97. The van der Waals surface area contributed by atoms with E-state index in [2.05, 4.69) is 4.98 Å². The molecule has 1 saturated carbocycles. The largest absolute Gasteiger partial charge is 0.437 e. The molecule has 23 heavy (non-hydrogen) atoms. The van der Waals surface area contributed by atoms with E-state index in [0.29, 0.717) is 18.0 Å². The van der Waals surface area contributed by atoms with Crippen LogP contribution in [0.1, 0.15) is 50.5 Å². The summed E-state index contributed by atoms with van der Waals surface area (Å²) in [5, 5.41) is 10.2. The number of benzene rings is 1. The maximum Gasteiger partial charge on any atom is 0.203 e. The molecule has 1 N–H and O–H groups in total. The second-order valence-corrected chi connectivity index (χ2v) is 6.97. The lowest BCUT2D eigenvalue weighted by Crippen LogP contribution is -2.46. The van der Waals surface area contributed by atoms with E-state index in [-0.39, 0.29) is 23.6 Å². The van der Waals surface area contributed by atoms with Crippen molar-refractivity contribution >= 4 is 11.1 Å². The average molecular weight is 324 g/mol. The molecule has 1 aliphatic carbocycles. The van der Waals surface area contributed by atoms with Crippen LogP contribution in [-0.2, 0) is 6.54 Å². The zero-order valence-corrected chi connectivity index (χ0v) is 13.7. The predicted molar refractivity (Wildman–Crippen MR) is 83.1 cm³/mol. The summed E-state index contributed by atoms with van der Waals surface area (Å²) in [5.74, 6) is -1.50. The van der Waals surface area contributed by atoms with Crippen LogP contribution in [0, 0.1) is 11.6 Å². The Morgan fingerprint density at radius 2 is 2.04 bits per heavy atom. The van der Waals surface area contributed by atoms with Gasteiger partial charge < -0.3 is 9.52 Å². The van der Waals surface area contributed by atoms with Gasteiger partial charge in [0.1, 0.15) is 5.52 Å². The molecule has 0 bridgehead atoms. The van der Waals surface area contributed by atoms with Crippen molar-refractivity contribution in [1.29, 1.82) is 0 Å². The van der Waals surface area contributed by atoms with Gasteiger partial charge in [-0.15, -0.1) is 0 Å². The van der Waals surface area contributed by atoms with E-state index >= 15 is 0 Å². The third-order valence-corrected chi connectivity index (χ3v) is 4.44. The van der Waals surface area contributed by atoms with Crippen molar-refractivity contribution in [2.24, 2.45) is 0 Å². The fourth-order valence-electron chi connectivity index (χ4n) is 3.03. The fourth-order valence-corrected chi connectivity index (χ4v) is 3.03. The highest BCUT2D eigenvalue weighted by molar-refractivity contribution is 5.74. The van der Waals surface area contributed by atoms with Gasteiger partial charge in [-0.05, 0) is 32.4 Å². The Morgan fingerprint density at radius 3 is 2.61 bits per heavy atom. The summed E-state index contributed by atoms with van der Waals surface area (Å²) in [4.78, 5) is 6.05. The molecule has 0 aliphatic heterocycles. The molecule has 0 unspecified atom stereocenters. The van der Waals surface area contributed by atoms with Crippen LogP contribution in [0.3, 0.4) is 0 Å². The number of oxazole rings is 1. The average Bonchev–Trinajstić information content (AvgIpc) is 2.87. The number of halogens is 2. The Hall–Kier alpha value is -1.53. The highest BCUT2D eigenvalue weighted by Gasteiger charge is 2.35. The lowest BCUT2D eigenvalue weighted by atomic mass is 9.80. The Balaban J connectivity index is 1.86. The van der Waals surface area contributed by atoms with Crippen LogP contribution in [0.25, 0.3) is 11.1 Å². The van der Waals surface area contributed by atoms with E-state index in [1.54, 1.807) is 7.05 Å². The number of fused-ring (bicyclic) bond motifs is 1. The molecule has 0 saturated heterocycles. The summed E-state index contributed by atoms with van der Waals surface area (Å²) in [5.41, 5.74) is -0.260. The van der Waals surface area contributed by atoms with Crippen LogP contribution in [0.2, 0.25) is 0 Å². The molecule has 0 atom stereocenters. The Kier molecular flexibility index (Phi) is 4.14. The maximum absolute atomic E-state index is 14.3. The van der Waals surface area contributed by atoms with Crippen LogP contribution in [0.15, 0.2) is 10.5 Å². The van der Waals surface area contributed by atoms with Gasteiger partial charge in [-0.1, -0.05) is 13.8 Å². The zero-order chi connectivity index (χ0) is 16.8. The van der Waals surface area contributed by atoms with Crippen molar-refractivity contribution < 1.29 is 18.3 Å². The van der Waals surface area contributed by atoms with E-state index in [9.17, 15) is 13.9 Å². The van der Waals surface area contributed by atoms with Crippen molar-refractivity contribution in [1.82, 2.24) is 9.88 Å². The number of hydrogen-bond donors (Lipinski definition) is 1. The van der Waals surface area contributed by atoms with E-state index < -0.39 is 17.2 Å². The third-order valence-electron chi connectivity index (χ3n) is 4.44. The normalized spacial score (nSPS) is 17.2. The summed E-state index contributed by atoms with van der Waals surface area (Å²) < 4.78 is 33.8. The quantitative estimate of drug-likeness (QED) is 0.913. The van der Waals surface area contributed by atoms with Gasteiger partial charge in [0.05, 0.1) is 5.60 Å². The third kappa shape index (κ3) is 3.10. The summed E-state index contributed by atoms with van der Waals surface area (Å²) in [6, 6.07) is 1.53. The summed E-state index contributed by atoms with van der Waals surface area (Å²) >= 11 is 0. The minimum absolute atomic E-state index is 0.00356. The lowest BCUT2D eigenvalue weighted by molar-refractivity contribution is -0.0557. The second-order valence-electron chi connectivity index (χ2n) is 6.97. The van der Waals surface area contributed by atoms with Gasteiger partial charge in [0.2, 0.25) is 5.82 Å². The van der Waals surface area contributed by atoms with Gasteiger partial charge in [-0.2, -0.15) is 4.39 Å². The summed E-state index contributed by atoms with van der Waals surface area (Å²) in [6.45, 7) is 4.42. The molecular weight excluding hydrogens is 302 g/mol. The minimum atomic E-state index is -0.993. The SMILES string of the molecule is CC(C)c1nc2cc(CN(C)CC3(O)CCC3)c(F)c(F)c2o1. The van der Waals surface area contributed by atoms with Crippen molar-refractivity contribution in [3.8, 4) is 0 Å². The number of aromatic nitrogens is 1. The standard InChI is InChI=1S/C17H22F2N2O2/c1-10(2)16-20-12-7-11(13(18)14(19)15(12)23-16)8-21(3)9-17(22)5-4-6-17/h7,10,22H,4-6,8-9H2,1-3H3. The molecule has 2 aromatic rings. The highest BCUT2D eigenvalue weighted by atomic mass is 19.2. The zero-order valence-electron chi connectivity index (χ0n) is 13.7. The second kappa shape index (κ2) is 5.83. The van der Waals surface area contributed by atoms with E-state index in [4.69, 9.17) is 4.42 Å². The summed E-state index contributed by atoms with van der Waals surface area (Å²) in [6.07, 6.45) is 2.53. The van der Waals surface area contributed by atoms with E-state index in [0.717, 1.165) is 19.3 Å². The predicted octanol–water partition coefficient (Wildman–Crippen LogP) is 3.58. The van der Waals surface area contributed by atoms with Crippen LogP contribution in [0.5, 0.6) is 0 Å². The van der Waals surface area contributed by atoms with Crippen molar-refractivity contribution in [2.45, 2.75) is 51.2 Å². The maximum atomic E-state index is 14.3. The molecule has 1 heterocycles. The van der Waals surface area contributed by atoms with Crippen molar-refractivity contribution in [2.75, 3.05) is 13.6 Å². The Labute approximate surface area is 134 Å². The molecule has 1 aromatic heterocycles. The Morgan fingerprint density at radius 1 is 1.35 bits per heavy atom. The molecule has 1 fully saturated rings. The number of likely N-dealkylation sites (N-methyl/N-ethyl adjacent to an activating group) is 1. The van der Waals surface area contributed by atoms with Crippen molar-refractivity contribution in [3.63, 3.8) is 0 Å². The number of nitrogens with zero attached hydrogens (tertiary/aromatic N) is 2. The van der Waals surface area contributed by atoms with Gasteiger partial charge in [0.15, 0.2) is 17.3 Å². The molecule has 126 valence electrons. The molecule has 6 heteroatoms. The first-order chi connectivity index (χ1) is 10.8. The highest BCUT2D eigenvalue weighted by Crippen LogP contribution is 2.33. The smallest absolute Gasteiger partial charge is 0.203 e. The first kappa shape index (κ1) is 16.3.